The summed E-state index contributed by atoms with van der Waals surface area (Å²) >= 11 is 1.61. The van der Waals surface area contributed by atoms with Crippen molar-refractivity contribution in [3.63, 3.8) is 0 Å². The van der Waals surface area contributed by atoms with Crippen molar-refractivity contribution in [1.29, 1.82) is 0 Å². The summed E-state index contributed by atoms with van der Waals surface area (Å²) in [6.07, 6.45) is 6.00. The maximum Gasteiger partial charge on any atom is 0.223 e. The normalized spacial score (nSPS) is 20.7. The Kier molecular flexibility index (Phi) is 5.31. The van der Waals surface area contributed by atoms with Crippen molar-refractivity contribution in [3.05, 3.63) is 53.9 Å². The third-order valence-electron chi connectivity index (χ3n) is 5.91. The van der Waals surface area contributed by atoms with Gasteiger partial charge in [0.25, 0.3) is 0 Å². The van der Waals surface area contributed by atoms with E-state index in [1.807, 2.05) is 24.6 Å². The molecule has 1 N–H and O–H groups in total. The van der Waals surface area contributed by atoms with E-state index in [2.05, 4.69) is 43.9 Å². The Morgan fingerprint density at radius 1 is 1.35 bits per heavy atom. The average Bonchev–Trinajstić information content (AvgIpc) is 3.15. The lowest BCUT2D eigenvalue weighted by Gasteiger charge is -2.42. The van der Waals surface area contributed by atoms with Crippen LogP contribution in [0.2, 0.25) is 0 Å². The second kappa shape index (κ2) is 8.26. The van der Waals surface area contributed by atoms with Crippen LogP contribution >= 0.6 is 11.3 Å². The fraction of sp³-hybridized carbons (Fsp3) is 0.391. The van der Waals surface area contributed by atoms with Crippen molar-refractivity contribution in [2.24, 2.45) is 5.92 Å². The van der Waals surface area contributed by atoms with Gasteiger partial charge < -0.3 is 15.0 Å². The first-order valence-electron chi connectivity index (χ1n) is 10.6. The Bertz CT molecular complexity index is 1120. The van der Waals surface area contributed by atoms with Crippen LogP contribution in [-0.4, -0.2) is 46.1 Å². The highest BCUT2D eigenvalue weighted by Crippen LogP contribution is 2.36. The lowest BCUT2D eigenvalue weighted by atomic mass is 9.81. The standard InChI is InChI=1S/C23H25N5O2S/c1-3-4-15-7-19(22-20(8-15)31-13-25-22)30-18-9-16(10-18)23(29)27-17-11-28(12-17)21-5-6-24-14(2)26-21/h3,5-8,13,16-18H,1,4,9-12H2,2H3,(H,27,29)/t16-,18-. The van der Waals surface area contributed by atoms with Gasteiger partial charge in [0.1, 0.15) is 29.0 Å². The number of allylic oxidation sites excluding steroid dienone is 1. The first-order valence-corrected chi connectivity index (χ1v) is 11.5. The minimum atomic E-state index is 0.0163. The van der Waals surface area contributed by atoms with Crippen LogP contribution in [0.5, 0.6) is 5.75 Å². The van der Waals surface area contributed by atoms with E-state index in [0.29, 0.717) is 0 Å². The topological polar surface area (TPSA) is 80.2 Å². The monoisotopic (exact) mass is 435 g/mol. The van der Waals surface area contributed by atoms with Gasteiger partial charge in [-0.3, -0.25) is 4.79 Å². The van der Waals surface area contributed by atoms with Gasteiger partial charge in [0.2, 0.25) is 5.91 Å². The van der Waals surface area contributed by atoms with Gasteiger partial charge in [-0.2, -0.15) is 0 Å². The molecule has 3 aromatic rings. The summed E-state index contributed by atoms with van der Waals surface area (Å²) in [5.41, 5.74) is 3.92. The summed E-state index contributed by atoms with van der Waals surface area (Å²) in [7, 11) is 0. The van der Waals surface area contributed by atoms with Crippen molar-refractivity contribution in [2.75, 3.05) is 18.0 Å². The highest BCUT2D eigenvalue weighted by atomic mass is 32.1. The summed E-state index contributed by atoms with van der Waals surface area (Å²) in [4.78, 5) is 27.8. The number of rotatable bonds is 7. The number of hydrogen-bond donors (Lipinski definition) is 1. The van der Waals surface area contributed by atoms with Crippen LogP contribution in [0.4, 0.5) is 5.82 Å². The summed E-state index contributed by atoms with van der Waals surface area (Å²) in [5, 5.41) is 3.17. The van der Waals surface area contributed by atoms with Crippen molar-refractivity contribution in [3.8, 4) is 5.75 Å². The number of thiazole rings is 1. The molecule has 2 aliphatic rings. The zero-order chi connectivity index (χ0) is 21.4. The summed E-state index contributed by atoms with van der Waals surface area (Å²) in [5.74, 6) is 2.64. The number of nitrogens with zero attached hydrogens (tertiary/aromatic N) is 4. The number of ether oxygens (including phenoxy) is 1. The number of aryl methyl sites for hydroxylation is 1. The summed E-state index contributed by atoms with van der Waals surface area (Å²) in [6, 6.07) is 6.27. The van der Waals surface area contributed by atoms with Crippen LogP contribution in [0.15, 0.2) is 42.6 Å². The molecule has 1 saturated carbocycles. The van der Waals surface area contributed by atoms with Gasteiger partial charge in [-0.15, -0.1) is 17.9 Å². The number of benzene rings is 1. The Morgan fingerprint density at radius 2 is 2.19 bits per heavy atom. The molecule has 2 aromatic heterocycles. The molecule has 0 unspecified atom stereocenters. The predicted molar refractivity (Wildman–Crippen MR) is 122 cm³/mol. The van der Waals surface area contributed by atoms with Crippen molar-refractivity contribution >= 4 is 33.3 Å². The molecular formula is C23H25N5O2S. The molecule has 5 rings (SSSR count). The smallest absolute Gasteiger partial charge is 0.223 e. The van der Waals surface area contributed by atoms with E-state index in [1.165, 1.54) is 5.56 Å². The van der Waals surface area contributed by atoms with E-state index in [9.17, 15) is 4.79 Å². The van der Waals surface area contributed by atoms with Crippen LogP contribution in [0.25, 0.3) is 10.2 Å². The summed E-state index contributed by atoms with van der Waals surface area (Å²) < 4.78 is 7.35. The van der Waals surface area contributed by atoms with Crippen molar-refractivity contribution in [1.82, 2.24) is 20.3 Å². The van der Waals surface area contributed by atoms with Gasteiger partial charge in [0.15, 0.2) is 0 Å². The zero-order valence-corrected chi connectivity index (χ0v) is 18.3. The first kappa shape index (κ1) is 19.9. The lowest BCUT2D eigenvalue weighted by molar-refractivity contribution is -0.131. The maximum absolute atomic E-state index is 12.6. The molecule has 0 atom stereocenters. The van der Waals surface area contributed by atoms with Crippen LogP contribution in [-0.2, 0) is 11.2 Å². The number of hydrogen-bond acceptors (Lipinski definition) is 7. The van der Waals surface area contributed by atoms with Crippen LogP contribution in [0.3, 0.4) is 0 Å². The van der Waals surface area contributed by atoms with Gasteiger partial charge in [0.05, 0.1) is 16.3 Å². The molecule has 1 aliphatic carbocycles. The van der Waals surface area contributed by atoms with E-state index in [1.54, 1.807) is 17.5 Å². The lowest BCUT2D eigenvalue weighted by Crippen LogP contribution is -2.61. The molecule has 8 heteroatoms. The van der Waals surface area contributed by atoms with Gasteiger partial charge >= 0.3 is 0 Å². The quantitative estimate of drug-likeness (QED) is 0.574. The summed E-state index contributed by atoms with van der Waals surface area (Å²) in [6.45, 7) is 7.28. The van der Waals surface area contributed by atoms with Gasteiger partial charge in [0, 0.05) is 25.2 Å². The van der Waals surface area contributed by atoms with Crippen LogP contribution < -0.4 is 15.0 Å². The van der Waals surface area contributed by atoms with E-state index in [-0.39, 0.29) is 24.0 Å². The number of carbonyl (C=O) groups is 1. The van der Waals surface area contributed by atoms with E-state index < -0.39 is 0 Å². The molecule has 2 fully saturated rings. The van der Waals surface area contributed by atoms with Gasteiger partial charge in [-0.25, -0.2) is 15.0 Å². The molecule has 1 saturated heterocycles. The third kappa shape index (κ3) is 4.12. The number of fused-ring (bicyclic) bond motifs is 1. The Balaban J connectivity index is 1.12. The van der Waals surface area contributed by atoms with E-state index >= 15 is 0 Å². The Hall–Kier alpha value is -3.00. The van der Waals surface area contributed by atoms with E-state index in [4.69, 9.17) is 4.74 Å². The van der Waals surface area contributed by atoms with Gasteiger partial charge in [-0.05, 0) is 49.9 Å². The number of amides is 1. The van der Waals surface area contributed by atoms with Crippen molar-refractivity contribution < 1.29 is 9.53 Å². The maximum atomic E-state index is 12.6. The first-order chi connectivity index (χ1) is 15.1. The number of carbonyl (C=O) groups excluding carboxylic acids is 1. The predicted octanol–water partition coefficient (Wildman–Crippen LogP) is 3.29. The molecule has 1 aliphatic heterocycles. The minimum Gasteiger partial charge on any atom is -0.488 e. The molecule has 0 bridgehead atoms. The molecule has 1 aromatic carbocycles. The van der Waals surface area contributed by atoms with Crippen molar-refractivity contribution in [2.45, 2.75) is 38.3 Å². The fourth-order valence-corrected chi connectivity index (χ4v) is 4.87. The average molecular weight is 436 g/mol. The van der Waals surface area contributed by atoms with Gasteiger partial charge in [-0.1, -0.05) is 6.08 Å². The third-order valence-corrected chi connectivity index (χ3v) is 6.69. The molecule has 160 valence electrons. The number of aromatic nitrogens is 3. The molecule has 0 radical (unpaired) electrons. The molecular weight excluding hydrogens is 410 g/mol. The number of anilines is 1. The Labute approximate surface area is 185 Å². The zero-order valence-electron chi connectivity index (χ0n) is 17.5. The molecule has 0 spiro atoms. The SMILES string of the molecule is C=CCc1cc(O[C@H]2C[C@H](C(=O)NC3CN(c4ccnc(C)n4)C3)C2)c2ncsc2c1. The Morgan fingerprint density at radius 3 is 2.97 bits per heavy atom. The minimum absolute atomic E-state index is 0.0163. The molecule has 1 amide bonds. The van der Waals surface area contributed by atoms with Crippen LogP contribution in [0.1, 0.15) is 24.2 Å². The second-order valence-corrected chi connectivity index (χ2v) is 9.15. The molecule has 7 nitrogen and oxygen atoms in total. The highest BCUT2D eigenvalue weighted by Gasteiger charge is 2.39. The number of nitrogens with one attached hydrogen (secondary N) is 1. The van der Waals surface area contributed by atoms with E-state index in [0.717, 1.165) is 60.0 Å². The largest absolute Gasteiger partial charge is 0.488 e. The second-order valence-electron chi connectivity index (χ2n) is 8.27. The molecule has 3 heterocycles. The fourth-order valence-electron chi connectivity index (χ4n) is 4.12. The highest BCUT2D eigenvalue weighted by molar-refractivity contribution is 7.16. The van der Waals surface area contributed by atoms with Crippen LogP contribution in [0, 0.1) is 12.8 Å². The molecule has 31 heavy (non-hydrogen) atoms.